The van der Waals surface area contributed by atoms with Gasteiger partial charge in [-0.1, -0.05) is 15.9 Å². The van der Waals surface area contributed by atoms with Crippen molar-refractivity contribution in [3.63, 3.8) is 0 Å². The van der Waals surface area contributed by atoms with E-state index in [9.17, 15) is 9.59 Å². The molecule has 1 aliphatic heterocycles. The zero-order valence-corrected chi connectivity index (χ0v) is 16.8. The molecule has 25 heavy (non-hydrogen) atoms. The van der Waals surface area contributed by atoms with Gasteiger partial charge in [-0.15, -0.1) is 0 Å². The van der Waals surface area contributed by atoms with Crippen LogP contribution in [0, 0.1) is 0 Å². The lowest BCUT2D eigenvalue weighted by Gasteiger charge is -2.37. The Morgan fingerprint density at radius 2 is 1.80 bits per heavy atom. The number of benzene rings is 1. The van der Waals surface area contributed by atoms with Gasteiger partial charge >= 0.3 is 12.1 Å². The third-order valence-electron chi connectivity index (χ3n) is 3.92. The van der Waals surface area contributed by atoms with Gasteiger partial charge in [0.05, 0.1) is 12.7 Å². The molecule has 0 aromatic heterocycles. The van der Waals surface area contributed by atoms with E-state index in [4.69, 9.17) is 9.47 Å². The van der Waals surface area contributed by atoms with Gasteiger partial charge in [-0.05, 0) is 44.5 Å². The van der Waals surface area contributed by atoms with E-state index in [1.807, 2.05) is 32.9 Å². The number of nitrogens with zero attached hydrogens (tertiary/aromatic N) is 2. The van der Waals surface area contributed by atoms with Crippen molar-refractivity contribution in [1.82, 2.24) is 4.90 Å². The van der Waals surface area contributed by atoms with Gasteiger partial charge in [0, 0.05) is 37.2 Å². The van der Waals surface area contributed by atoms with Crippen LogP contribution in [0.25, 0.3) is 0 Å². The maximum absolute atomic E-state index is 12.2. The number of amides is 1. The van der Waals surface area contributed by atoms with Crippen molar-refractivity contribution in [3.8, 4) is 0 Å². The number of methoxy groups -OCH3 is 1. The van der Waals surface area contributed by atoms with Gasteiger partial charge in [-0.3, -0.25) is 0 Å². The van der Waals surface area contributed by atoms with Gasteiger partial charge in [0.1, 0.15) is 5.60 Å². The highest BCUT2D eigenvalue weighted by Crippen LogP contribution is 2.26. The number of anilines is 1. The molecule has 0 N–H and O–H groups in total. The Morgan fingerprint density at radius 1 is 1.16 bits per heavy atom. The minimum Gasteiger partial charge on any atom is -0.465 e. The first kappa shape index (κ1) is 19.6. The van der Waals surface area contributed by atoms with Crippen LogP contribution in [0.15, 0.2) is 18.2 Å². The van der Waals surface area contributed by atoms with Gasteiger partial charge < -0.3 is 19.3 Å². The Labute approximate surface area is 157 Å². The summed E-state index contributed by atoms with van der Waals surface area (Å²) in [6, 6.07) is 5.55. The molecule has 0 spiro atoms. The van der Waals surface area contributed by atoms with Crippen LogP contribution < -0.4 is 4.90 Å². The number of esters is 1. The predicted octanol–water partition coefficient (Wildman–Crippen LogP) is 3.43. The molecule has 0 saturated carbocycles. The van der Waals surface area contributed by atoms with Gasteiger partial charge in [-0.25, -0.2) is 9.59 Å². The van der Waals surface area contributed by atoms with Crippen LogP contribution in [0.3, 0.4) is 0 Å². The Balaban J connectivity index is 2.05. The molecule has 7 heteroatoms. The molecule has 1 heterocycles. The van der Waals surface area contributed by atoms with E-state index in [2.05, 4.69) is 20.8 Å². The second-order valence-corrected chi connectivity index (χ2v) is 7.48. The zero-order valence-electron chi connectivity index (χ0n) is 15.2. The third-order valence-corrected chi connectivity index (χ3v) is 4.52. The number of piperazine rings is 1. The first-order chi connectivity index (χ1) is 11.7. The van der Waals surface area contributed by atoms with E-state index in [0.717, 1.165) is 24.3 Å². The second-order valence-electron chi connectivity index (χ2n) is 6.92. The summed E-state index contributed by atoms with van der Waals surface area (Å²) < 4.78 is 10.2. The van der Waals surface area contributed by atoms with Crippen LogP contribution in [0.4, 0.5) is 10.5 Å². The summed E-state index contributed by atoms with van der Waals surface area (Å²) in [6.07, 6.45) is -0.270. The minimum atomic E-state index is -0.485. The monoisotopic (exact) mass is 412 g/mol. The maximum Gasteiger partial charge on any atom is 0.410 e. The normalized spacial score (nSPS) is 15.1. The number of rotatable bonds is 3. The SMILES string of the molecule is COC(=O)c1ccc(N2CCN(C(=O)OC(C)(C)C)CC2)c(CBr)c1. The molecular weight excluding hydrogens is 388 g/mol. The molecule has 138 valence electrons. The molecule has 0 atom stereocenters. The number of ether oxygens (including phenoxy) is 2. The first-order valence-electron chi connectivity index (χ1n) is 8.25. The van der Waals surface area contributed by atoms with Crippen LogP contribution in [0.1, 0.15) is 36.7 Å². The fourth-order valence-corrected chi connectivity index (χ4v) is 3.15. The number of hydrogen-bond acceptors (Lipinski definition) is 5. The van der Waals surface area contributed by atoms with Crippen LogP contribution in [-0.4, -0.2) is 55.9 Å². The van der Waals surface area contributed by atoms with E-state index >= 15 is 0 Å². The fourth-order valence-electron chi connectivity index (χ4n) is 2.70. The predicted molar refractivity (Wildman–Crippen MR) is 100 cm³/mol. The summed E-state index contributed by atoms with van der Waals surface area (Å²) in [7, 11) is 1.37. The summed E-state index contributed by atoms with van der Waals surface area (Å²) >= 11 is 3.48. The topological polar surface area (TPSA) is 59.1 Å². The fraction of sp³-hybridized carbons (Fsp3) is 0.556. The average Bonchev–Trinajstić information content (AvgIpc) is 2.59. The van der Waals surface area contributed by atoms with Crippen LogP contribution in [0.2, 0.25) is 0 Å². The van der Waals surface area contributed by atoms with Crippen molar-refractivity contribution in [1.29, 1.82) is 0 Å². The lowest BCUT2D eigenvalue weighted by molar-refractivity contribution is 0.0240. The third kappa shape index (κ3) is 5.11. The minimum absolute atomic E-state index is 0.270. The highest BCUT2D eigenvalue weighted by atomic mass is 79.9. The maximum atomic E-state index is 12.2. The molecule has 1 fully saturated rings. The highest BCUT2D eigenvalue weighted by molar-refractivity contribution is 9.08. The van der Waals surface area contributed by atoms with Crippen molar-refractivity contribution in [2.45, 2.75) is 31.7 Å². The lowest BCUT2D eigenvalue weighted by atomic mass is 10.1. The lowest BCUT2D eigenvalue weighted by Crippen LogP contribution is -2.50. The molecule has 0 bridgehead atoms. The molecule has 6 nitrogen and oxygen atoms in total. The summed E-state index contributed by atoms with van der Waals surface area (Å²) in [5.41, 5.74) is 2.14. The summed E-state index contributed by atoms with van der Waals surface area (Å²) in [5, 5.41) is 0.638. The van der Waals surface area contributed by atoms with Gasteiger partial charge in [0.15, 0.2) is 0 Å². The second kappa shape index (κ2) is 8.08. The van der Waals surface area contributed by atoms with Crippen molar-refractivity contribution >= 4 is 33.7 Å². The molecule has 0 aliphatic carbocycles. The number of hydrogen-bond donors (Lipinski definition) is 0. The Hall–Kier alpha value is -1.76. The molecule has 0 unspecified atom stereocenters. The number of carbonyl (C=O) groups excluding carboxylic acids is 2. The zero-order chi connectivity index (χ0) is 18.6. The molecule has 1 aromatic rings. The van der Waals surface area contributed by atoms with Crippen LogP contribution >= 0.6 is 15.9 Å². The molecule has 1 amide bonds. The number of alkyl halides is 1. The summed E-state index contributed by atoms with van der Waals surface area (Å²) in [6.45, 7) is 8.25. The number of carbonyl (C=O) groups is 2. The quantitative estimate of drug-likeness (QED) is 0.562. The van der Waals surface area contributed by atoms with Crippen LogP contribution in [-0.2, 0) is 14.8 Å². The molecule has 2 rings (SSSR count). The van der Waals surface area contributed by atoms with E-state index in [1.165, 1.54) is 7.11 Å². The van der Waals surface area contributed by atoms with Crippen LogP contribution in [0.5, 0.6) is 0 Å². The molecule has 1 aliphatic rings. The van der Waals surface area contributed by atoms with Crippen molar-refractivity contribution in [3.05, 3.63) is 29.3 Å². The molecule has 1 saturated heterocycles. The average molecular weight is 413 g/mol. The Morgan fingerprint density at radius 3 is 2.32 bits per heavy atom. The van der Waals surface area contributed by atoms with E-state index in [0.29, 0.717) is 24.0 Å². The van der Waals surface area contributed by atoms with E-state index in [-0.39, 0.29) is 12.1 Å². The van der Waals surface area contributed by atoms with Gasteiger partial charge in [-0.2, -0.15) is 0 Å². The number of halogens is 1. The van der Waals surface area contributed by atoms with Crippen molar-refractivity contribution in [2.75, 3.05) is 38.2 Å². The molecular formula is C18H25BrN2O4. The Kier molecular flexibility index (Phi) is 6.32. The summed E-state index contributed by atoms with van der Waals surface area (Å²) in [4.78, 5) is 27.8. The van der Waals surface area contributed by atoms with Crippen molar-refractivity contribution in [2.24, 2.45) is 0 Å². The highest BCUT2D eigenvalue weighted by Gasteiger charge is 2.26. The standard InChI is InChI=1S/C18H25BrN2O4/c1-18(2,3)25-17(23)21-9-7-20(8-10-21)15-6-5-13(16(22)24-4)11-14(15)12-19/h5-6,11H,7-10,12H2,1-4H3. The van der Waals surface area contributed by atoms with E-state index in [1.54, 1.807) is 11.0 Å². The smallest absolute Gasteiger partial charge is 0.410 e. The van der Waals surface area contributed by atoms with Crippen molar-refractivity contribution < 1.29 is 19.1 Å². The van der Waals surface area contributed by atoms with E-state index < -0.39 is 5.60 Å². The molecule has 1 aromatic carbocycles. The largest absolute Gasteiger partial charge is 0.465 e. The van der Waals surface area contributed by atoms with Gasteiger partial charge in [0.25, 0.3) is 0 Å². The van der Waals surface area contributed by atoms with Gasteiger partial charge in [0.2, 0.25) is 0 Å². The first-order valence-corrected chi connectivity index (χ1v) is 9.37. The summed E-state index contributed by atoms with van der Waals surface area (Å²) in [5.74, 6) is -0.344. The molecule has 0 radical (unpaired) electrons. The Bertz CT molecular complexity index is 634.